The van der Waals surface area contributed by atoms with Gasteiger partial charge in [0.2, 0.25) is 0 Å². The highest BCUT2D eigenvalue weighted by molar-refractivity contribution is 4.93. The zero-order chi connectivity index (χ0) is 8.55. The van der Waals surface area contributed by atoms with Gasteiger partial charge in [-0.3, -0.25) is 0 Å². The van der Waals surface area contributed by atoms with Crippen molar-refractivity contribution in [3.05, 3.63) is 11.7 Å². The maximum absolute atomic E-state index is 9.09. The summed E-state index contributed by atoms with van der Waals surface area (Å²) < 4.78 is 4.84. The van der Waals surface area contributed by atoms with Crippen LogP contribution in [0.15, 0.2) is 4.52 Å². The standard InChI is InChI=1S/C8H12N2O2/c1-5(11)8-9-7(10-12-8)4-6-2-3-6/h5-6,11H,2-4H2,1H3/t5-/m0/s1. The van der Waals surface area contributed by atoms with Gasteiger partial charge in [-0.2, -0.15) is 4.98 Å². The van der Waals surface area contributed by atoms with Gasteiger partial charge in [0.15, 0.2) is 5.82 Å². The van der Waals surface area contributed by atoms with Crippen LogP contribution in [-0.4, -0.2) is 15.2 Å². The van der Waals surface area contributed by atoms with E-state index in [2.05, 4.69) is 10.1 Å². The SMILES string of the molecule is C[C@H](O)c1nc(CC2CC2)no1. The van der Waals surface area contributed by atoms with Crippen LogP contribution in [0, 0.1) is 5.92 Å². The van der Waals surface area contributed by atoms with E-state index in [1.165, 1.54) is 12.8 Å². The van der Waals surface area contributed by atoms with E-state index in [0.29, 0.717) is 5.89 Å². The van der Waals surface area contributed by atoms with Crippen LogP contribution in [-0.2, 0) is 6.42 Å². The number of nitrogens with zero attached hydrogens (tertiary/aromatic N) is 2. The van der Waals surface area contributed by atoms with E-state index in [4.69, 9.17) is 9.63 Å². The molecular weight excluding hydrogens is 156 g/mol. The second-order valence-corrected chi connectivity index (χ2v) is 3.37. The Morgan fingerprint density at radius 1 is 1.67 bits per heavy atom. The van der Waals surface area contributed by atoms with Gasteiger partial charge in [-0.05, 0) is 25.7 Å². The number of aliphatic hydroxyl groups excluding tert-OH is 1. The van der Waals surface area contributed by atoms with Crippen LogP contribution in [0.1, 0.15) is 37.6 Å². The summed E-state index contributed by atoms with van der Waals surface area (Å²) in [6.07, 6.45) is 2.80. The number of rotatable bonds is 3. The molecule has 0 aromatic carbocycles. The molecule has 0 unspecified atom stereocenters. The van der Waals surface area contributed by atoms with Crippen molar-refractivity contribution in [2.45, 2.75) is 32.3 Å². The monoisotopic (exact) mass is 168 g/mol. The second-order valence-electron chi connectivity index (χ2n) is 3.37. The molecule has 1 N–H and O–H groups in total. The topological polar surface area (TPSA) is 59.2 Å². The molecule has 0 radical (unpaired) electrons. The van der Waals surface area contributed by atoms with Gasteiger partial charge in [0.05, 0.1) is 0 Å². The van der Waals surface area contributed by atoms with Crippen LogP contribution in [0.5, 0.6) is 0 Å². The molecule has 0 aliphatic heterocycles. The zero-order valence-corrected chi connectivity index (χ0v) is 7.03. The number of aliphatic hydroxyl groups is 1. The highest BCUT2D eigenvalue weighted by atomic mass is 16.5. The molecule has 4 heteroatoms. The Kier molecular flexibility index (Phi) is 1.84. The largest absolute Gasteiger partial charge is 0.384 e. The predicted octanol–water partition coefficient (Wildman–Crippen LogP) is 1.08. The van der Waals surface area contributed by atoms with Crippen molar-refractivity contribution < 1.29 is 9.63 Å². The fraction of sp³-hybridized carbons (Fsp3) is 0.750. The molecular formula is C8H12N2O2. The van der Waals surface area contributed by atoms with Crippen LogP contribution in [0.3, 0.4) is 0 Å². The van der Waals surface area contributed by atoms with E-state index in [1.54, 1.807) is 6.92 Å². The van der Waals surface area contributed by atoms with Gasteiger partial charge in [0.25, 0.3) is 5.89 Å². The van der Waals surface area contributed by atoms with Crippen LogP contribution >= 0.6 is 0 Å². The summed E-state index contributed by atoms with van der Waals surface area (Å²) in [4.78, 5) is 4.06. The number of aromatic nitrogens is 2. The van der Waals surface area contributed by atoms with Crippen molar-refractivity contribution >= 4 is 0 Å². The normalized spacial score (nSPS) is 19.5. The highest BCUT2D eigenvalue weighted by Gasteiger charge is 2.24. The minimum atomic E-state index is -0.648. The highest BCUT2D eigenvalue weighted by Crippen LogP contribution is 2.31. The van der Waals surface area contributed by atoms with Crippen molar-refractivity contribution in [3.8, 4) is 0 Å². The summed E-state index contributed by atoms with van der Waals surface area (Å²) in [6, 6.07) is 0. The van der Waals surface area contributed by atoms with Crippen molar-refractivity contribution in [1.29, 1.82) is 0 Å². The lowest BCUT2D eigenvalue weighted by Crippen LogP contribution is -1.93. The van der Waals surface area contributed by atoms with Crippen LogP contribution < -0.4 is 0 Å². The average Bonchev–Trinajstić information content (AvgIpc) is 2.66. The molecule has 1 aromatic heterocycles. The van der Waals surface area contributed by atoms with E-state index in [0.717, 1.165) is 18.2 Å². The number of hydrogen-bond donors (Lipinski definition) is 1. The Bertz CT molecular complexity index is 266. The first-order chi connectivity index (χ1) is 5.75. The lowest BCUT2D eigenvalue weighted by Gasteiger charge is -1.91. The van der Waals surface area contributed by atoms with Crippen molar-refractivity contribution in [3.63, 3.8) is 0 Å². The third-order valence-corrected chi connectivity index (χ3v) is 2.01. The quantitative estimate of drug-likeness (QED) is 0.733. The molecule has 4 nitrogen and oxygen atoms in total. The minimum Gasteiger partial charge on any atom is -0.384 e. The minimum absolute atomic E-state index is 0.325. The molecule has 0 amide bonds. The van der Waals surface area contributed by atoms with Crippen LogP contribution in [0.4, 0.5) is 0 Å². The smallest absolute Gasteiger partial charge is 0.255 e. The molecule has 66 valence electrons. The van der Waals surface area contributed by atoms with Gasteiger partial charge in [-0.15, -0.1) is 0 Å². The summed E-state index contributed by atoms with van der Waals surface area (Å²) in [6.45, 7) is 1.62. The Morgan fingerprint density at radius 3 is 2.92 bits per heavy atom. The second kappa shape index (κ2) is 2.86. The lowest BCUT2D eigenvalue weighted by atomic mass is 10.3. The molecule has 2 rings (SSSR count). The summed E-state index contributed by atoms with van der Waals surface area (Å²) in [5.74, 6) is 1.81. The van der Waals surface area contributed by atoms with E-state index in [9.17, 15) is 0 Å². The van der Waals surface area contributed by atoms with Crippen LogP contribution in [0.2, 0.25) is 0 Å². The average molecular weight is 168 g/mol. The molecule has 0 saturated heterocycles. The van der Waals surface area contributed by atoms with Gasteiger partial charge in [0, 0.05) is 6.42 Å². The molecule has 12 heavy (non-hydrogen) atoms. The molecule has 1 aromatic rings. The van der Waals surface area contributed by atoms with Gasteiger partial charge in [-0.25, -0.2) is 0 Å². The van der Waals surface area contributed by atoms with E-state index < -0.39 is 6.10 Å². The Morgan fingerprint density at radius 2 is 2.42 bits per heavy atom. The van der Waals surface area contributed by atoms with E-state index in [-0.39, 0.29) is 0 Å². The molecule has 1 fully saturated rings. The van der Waals surface area contributed by atoms with E-state index in [1.807, 2.05) is 0 Å². The maximum Gasteiger partial charge on any atom is 0.255 e. The lowest BCUT2D eigenvalue weighted by molar-refractivity contribution is 0.151. The van der Waals surface area contributed by atoms with Crippen molar-refractivity contribution in [2.24, 2.45) is 5.92 Å². The first kappa shape index (κ1) is 7.73. The maximum atomic E-state index is 9.09. The fourth-order valence-electron chi connectivity index (χ4n) is 1.10. The summed E-state index contributed by atoms with van der Waals surface area (Å²) in [5.41, 5.74) is 0. The Balaban J connectivity index is 2.02. The first-order valence-corrected chi connectivity index (χ1v) is 4.26. The Hall–Kier alpha value is -0.900. The molecule has 0 spiro atoms. The summed E-state index contributed by atoms with van der Waals surface area (Å²) in [7, 11) is 0. The summed E-state index contributed by atoms with van der Waals surface area (Å²) >= 11 is 0. The van der Waals surface area contributed by atoms with Gasteiger partial charge >= 0.3 is 0 Å². The summed E-state index contributed by atoms with van der Waals surface area (Å²) in [5, 5.41) is 12.9. The predicted molar refractivity (Wildman–Crippen MR) is 41.4 cm³/mol. The molecule has 1 aliphatic rings. The molecule has 1 aliphatic carbocycles. The van der Waals surface area contributed by atoms with Crippen molar-refractivity contribution in [1.82, 2.24) is 10.1 Å². The van der Waals surface area contributed by atoms with E-state index >= 15 is 0 Å². The molecule has 1 heterocycles. The van der Waals surface area contributed by atoms with Crippen molar-refractivity contribution in [2.75, 3.05) is 0 Å². The van der Waals surface area contributed by atoms with Gasteiger partial charge in [-0.1, -0.05) is 5.16 Å². The van der Waals surface area contributed by atoms with Crippen LogP contribution in [0.25, 0.3) is 0 Å². The molecule has 1 atom stereocenters. The Labute approximate surface area is 70.6 Å². The fourth-order valence-corrected chi connectivity index (χ4v) is 1.10. The third-order valence-electron chi connectivity index (χ3n) is 2.01. The third kappa shape index (κ3) is 1.64. The first-order valence-electron chi connectivity index (χ1n) is 4.26. The number of hydrogen-bond acceptors (Lipinski definition) is 4. The molecule has 0 bridgehead atoms. The van der Waals surface area contributed by atoms with Gasteiger partial charge < -0.3 is 9.63 Å². The van der Waals surface area contributed by atoms with Gasteiger partial charge in [0.1, 0.15) is 6.10 Å². The zero-order valence-electron chi connectivity index (χ0n) is 7.03. The molecule has 1 saturated carbocycles.